The number of aromatic nitrogens is 2. The summed E-state index contributed by atoms with van der Waals surface area (Å²) in [5.41, 5.74) is 2.80. The van der Waals surface area contributed by atoms with E-state index in [-0.39, 0.29) is 34.1 Å². The number of anilines is 2. The lowest BCUT2D eigenvalue weighted by Gasteiger charge is -2.28. The Kier molecular flexibility index (Phi) is 6.79. The maximum absolute atomic E-state index is 13.4. The van der Waals surface area contributed by atoms with Crippen molar-refractivity contribution in [2.24, 2.45) is 0 Å². The molecule has 0 saturated carbocycles. The zero-order valence-corrected chi connectivity index (χ0v) is 19.4. The van der Waals surface area contributed by atoms with Crippen LogP contribution in [0.1, 0.15) is 24.8 Å². The second-order valence-corrected chi connectivity index (χ2v) is 8.99. The van der Waals surface area contributed by atoms with Crippen LogP contribution in [0.2, 0.25) is 0 Å². The Morgan fingerprint density at radius 1 is 1.13 bits per heavy atom. The van der Waals surface area contributed by atoms with Crippen molar-refractivity contribution in [3.8, 4) is 0 Å². The predicted molar refractivity (Wildman–Crippen MR) is 123 cm³/mol. The number of hydrogen-bond donors (Lipinski definition) is 6. The molecule has 4 heterocycles. The maximum Gasteiger partial charge on any atom is 0.417 e. The molecule has 2 aliphatic rings. The van der Waals surface area contributed by atoms with E-state index in [2.05, 4.69) is 20.2 Å². The molecular formula is C22H22F3N5O8. The van der Waals surface area contributed by atoms with Crippen LogP contribution in [0.15, 0.2) is 22.6 Å². The van der Waals surface area contributed by atoms with Crippen LogP contribution in [0.4, 0.5) is 24.9 Å². The van der Waals surface area contributed by atoms with Gasteiger partial charge in [-0.15, -0.1) is 0 Å². The number of aliphatic carboxylic acids is 3. The summed E-state index contributed by atoms with van der Waals surface area (Å²) >= 11 is 0. The molecule has 2 aromatic heterocycles. The number of aliphatic hydroxyl groups is 1. The second kappa shape index (κ2) is 9.60. The van der Waals surface area contributed by atoms with Gasteiger partial charge in [0.25, 0.3) is 0 Å². The number of carboxylic acid groups (broad SMARTS) is 3. The van der Waals surface area contributed by atoms with E-state index in [0.717, 1.165) is 25.6 Å². The zero-order valence-electron chi connectivity index (χ0n) is 19.4. The van der Waals surface area contributed by atoms with Gasteiger partial charge in [-0.25, -0.2) is 9.78 Å². The fraction of sp³-hybridized carbons (Fsp3) is 0.409. The van der Waals surface area contributed by atoms with Crippen LogP contribution < -0.4 is 16.0 Å². The summed E-state index contributed by atoms with van der Waals surface area (Å²) in [5.74, 6) is -4.60. The van der Waals surface area contributed by atoms with Crippen molar-refractivity contribution in [3.63, 3.8) is 0 Å². The van der Waals surface area contributed by atoms with Gasteiger partial charge in [0.2, 0.25) is 5.95 Å². The molecule has 5 rings (SSSR count). The molecule has 0 amide bonds. The van der Waals surface area contributed by atoms with Gasteiger partial charge in [-0.2, -0.15) is 18.2 Å². The summed E-state index contributed by atoms with van der Waals surface area (Å²) < 4.78 is 46.0. The topological polar surface area (TPSA) is 212 Å². The number of nitrogen functional groups attached to an aromatic ring is 1. The van der Waals surface area contributed by atoms with Gasteiger partial charge in [-0.3, -0.25) is 9.59 Å². The van der Waals surface area contributed by atoms with Crippen molar-refractivity contribution in [1.29, 1.82) is 0 Å². The van der Waals surface area contributed by atoms with Crippen LogP contribution >= 0.6 is 0 Å². The van der Waals surface area contributed by atoms with Crippen molar-refractivity contribution >= 4 is 51.7 Å². The Morgan fingerprint density at radius 2 is 1.79 bits per heavy atom. The summed E-state index contributed by atoms with van der Waals surface area (Å²) in [6.07, 6.45) is -5.82. The molecule has 2 saturated heterocycles. The minimum absolute atomic E-state index is 0.0575. The SMILES string of the molecule is Nc1nc(N2C[C@@H]3C[C@@H]2CN3)c2oc3cccc(C(F)(F)F)c3c2n1.O=C(O)CC(O)(CC(=O)O)C(=O)O. The maximum atomic E-state index is 13.4. The van der Waals surface area contributed by atoms with E-state index in [1.54, 1.807) is 0 Å². The highest BCUT2D eigenvalue weighted by Gasteiger charge is 2.42. The molecule has 3 aromatic rings. The molecule has 7 N–H and O–H groups in total. The number of benzene rings is 1. The minimum atomic E-state index is -4.51. The van der Waals surface area contributed by atoms with Crippen LogP contribution in [0.3, 0.4) is 0 Å². The van der Waals surface area contributed by atoms with E-state index in [1.807, 2.05) is 0 Å². The Morgan fingerprint density at radius 3 is 2.29 bits per heavy atom. The average molecular weight is 541 g/mol. The molecule has 38 heavy (non-hydrogen) atoms. The average Bonchev–Trinajstić information content (AvgIpc) is 3.51. The largest absolute Gasteiger partial charge is 0.481 e. The van der Waals surface area contributed by atoms with Gasteiger partial charge in [0.15, 0.2) is 17.0 Å². The molecule has 16 heteroatoms. The van der Waals surface area contributed by atoms with Crippen LogP contribution in [0.25, 0.3) is 22.1 Å². The highest BCUT2D eigenvalue weighted by atomic mass is 19.4. The van der Waals surface area contributed by atoms with Crippen molar-refractivity contribution in [2.45, 2.75) is 43.1 Å². The first-order chi connectivity index (χ1) is 17.7. The number of carboxylic acids is 3. The number of hydrogen-bond acceptors (Lipinski definition) is 10. The Bertz CT molecular complexity index is 1410. The first kappa shape index (κ1) is 26.9. The van der Waals surface area contributed by atoms with E-state index in [9.17, 15) is 27.6 Å². The predicted octanol–water partition coefficient (Wildman–Crippen LogP) is 1.28. The minimum Gasteiger partial charge on any atom is -0.481 e. The fourth-order valence-corrected chi connectivity index (χ4v) is 4.65. The van der Waals surface area contributed by atoms with Crippen molar-refractivity contribution in [3.05, 3.63) is 23.8 Å². The third kappa shape index (κ3) is 5.12. The molecule has 2 atom stereocenters. The zero-order chi connectivity index (χ0) is 28.0. The molecule has 204 valence electrons. The van der Waals surface area contributed by atoms with Crippen molar-refractivity contribution in [1.82, 2.24) is 15.3 Å². The first-order valence-corrected chi connectivity index (χ1v) is 11.1. The number of piperazine rings is 1. The summed E-state index contributed by atoms with van der Waals surface area (Å²) in [6, 6.07) is 4.44. The molecule has 13 nitrogen and oxygen atoms in total. The number of nitrogens with zero attached hydrogens (tertiary/aromatic N) is 3. The first-order valence-electron chi connectivity index (χ1n) is 11.1. The lowest BCUT2D eigenvalue weighted by molar-refractivity contribution is -0.170. The highest BCUT2D eigenvalue weighted by Crippen LogP contribution is 2.42. The second-order valence-electron chi connectivity index (χ2n) is 8.99. The lowest BCUT2D eigenvalue weighted by atomic mass is 9.96. The van der Waals surface area contributed by atoms with E-state index < -0.39 is 48.1 Å². The molecule has 0 unspecified atom stereocenters. The Hall–Kier alpha value is -4.18. The normalized spacial score (nSPS) is 19.0. The van der Waals surface area contributed by atoms with E-state index in [0.29, 0.717) is 11.9 Å². The monoisotopic (exact) mass is 541 g/mol. The smallest absolute Gasteiger partial charge is 0.417 e. The van der Waals surface area contributed by atoms with Crippen LogP contribution in [-0.4, -0.2) is 79.1 Å². The Balaban J connectivity index is 0.000000222. The van der Waals surface area contributed by atoms with Crippen molar-refractivity contribution < 1.29 is 52.4 Å². The number of nitrogens with two attached hydrogens (primary N) is 1. The summed E-state index contributed by atoms with van der Waals surface area (Å²) in [6.45, 7) is 1.53. The number of halogens is 3. The molecule has 0 spiro atoms. The van der Waals surface area contributed by atoms with Crippen LogP contribution in [0, 0.1) is 0 Å². The molecule has 2 fully saturated rings. The third-order valence-corrected chi connectivity index (χ3v) is 6.26. The number of furan rings is 1. The highest BCUT2D eigenvalue weighted by molar-refractivity contribution is 6.08. The van der Waals surface area contributed by atoms with Gasteiger partial charge >= 0.3 is 24.1 Å². The van der Waals surface area contributed by atoms with Gasteiger partial charge in [0.1, 0.15) is 11.1 Å². The summed E-state index contributed by atoms with van der Waals surface area (Å²) in [5, 5.41) is 37.1. The van der Waals surface area contributed by atoms with Gasteiger partial charge in [0.05, 0.1) is 23.8 Å². The van der Waals surface area contributed by atoms with Gasteiger partial charge < -0.3 is 40.8 Å². The van der Waals surface area contributed by atoms with Gasteiger partial charge in [0, 0.05) is 25.2 Å². The Labute approximate surface area is 210 Å². The van der Waals surface area contributed by atoms with Gasteiger partial charge in [-0.05, 0) is 18.6 Å². The quantitative estimate of drug-likeness (QED) is 0.260. The summed E-state index contributed by atoms with van der Waals surface area (Å²) in [4.78, 5) is 40.9. The number of fused-ring (bicyclic) bond motifs is 5. The number of carbonyl (C=O) groups is 3. The number of alkyl halides is 3. The lowest BCUT2D eigenvalue weighted by Crippen LogP contribution is -2.44. The van der Waals surface area contributed by atoms with E-state index in [4.69, 9.17) is 30.6 Å². The fourth-order valence-electron chi connectivity index (χ4n) is 4.65. The molecular weight excluding hydrogens is 519 g/mol. The van der Waals surface area contributed by atoms with Crippen LogP contribution in [-0.2, 0) is 20.6 Å². The van der Waals surface area contributed by atoms with Crippen molar-refractivity contribution in [2.75, 3.05) is 23.7 Å². The van der Waals surface area contributed by atoms with E-state index in [1.165, 1.54) is 12.1 Å². The standard InChI is InChI=1S/C16H14F3N5O.C6H8O7/c17-16(18,19)9-2-1-3-10-11(9)12-13(25-10)14(23-15(20)22-12)24-6-7-4-8(24)5-21-7;7-3(8)1-6(13,5(11)12)2-4(9)10/h1-3,7-8,21H,4-6H2,(H2,20,22,23);13H,1-2H2,(H,7,8)(H,9,10)(H,11,12)/t7-,8+;/m0./s1. The molecule has 1 aromatic carbocycles. The number of nitrogens with one attached hydrogen (secondary N) is 1. The molecule has 0 radical (unpaired) electrons. The molecule has 0 aliphatic carbocycles. The van der Waals surface area contributed by atoms with Crippen LogP contribution in [0.5, 0.6) is 0 Å². The van der Waals surface area contributed by atoms with Gasteiger partial charge in [-0.1, -0.05) is 6.07 Å². The molecule has 2 bridgehead atoms. The third-order valence-electron chi connectivity index (χ3n) is 6.26. The van der Waals surface area contributed by atoms with E-state index >= 15 is 0 Å². The summed E-state index contributed by atoms with van der Waals surface area (Å²) in [7, 11) is 0. The number of rotatable bonds is 6. The molecule has 2 aliphatic heterocycles.